The van der Waals surface area contributed by atoms with Gasteiger partial charge in [-0.1, -0.05) is 18.2 Å². The van der Waals surface area contributed by atoms with Crippen LogP contribution in [0.4, 0.5) is 5.69 Å². The topological polar surface area (TPSA) is 84.5 Å². The third-order valence-electron chi connectivity index (χ3n) is 4.13. The molecule has 27 heavy (non-hydrogen) atoms. The number of carbonyl (C=O) groups excluding carboxylic acids is 3. The Morgan fingerprint density at radius 2 is 1.74 bits per heavy atom. The van der Waals surface area contributed by atoms with E-state index in [-0.39, 0.29) is 12.5 Å². The Bertz CT molecular complexity index is 861. The molecule has 0 fully saturated rings. The van der Waals surface area contributed by atoms with Crippen molar-refractivity contribution in [3.63, 3.8) is 0 Å². The maximum absolute atomic E-state index is 12.1. The van der Waals surface area contributed by atoms with Crippen LogP contribution < -0.4 is 10.6 Å². The van der Waals surface area contributed by atoms with E-state index in [4.69, 9.17) is 4.74 Å². The van der Waals surface area contributed by atoms with E-state index in [1.807, 2.05) is 45.0 Å². The maximum Gasteiger partial charge on any atom is 0.326 e. The van der Waals surface area contributed by atoms with Crippen LogP contribution in [0.3, 0.4) is 0 Å². The number of aryl methyl sites for hydroxylation is 3. The first-order valence-corrected chi connectivity index (χ1v) is 8.68. The zero-order valence-corrected chi connectivity index (χ0v) is 16.0. The molecule has 2 rings (SSSR count). The van der Waals surface area contributed by atoms with Gasteiger partial charge in [-0.15, -0.1) is 0 Å². The van der Waals surface area contributed by atoms with Crippen molar-refractivity contribution in [2.24, 2.45) is 0 Å². The second-order valence-corrected chi connectivity index (χ2v) is 6.47. The summed E-state index contributed by atoms with van der Waals surface area (Å²) in [6.07, 6.45) is -0.975. The van der Waals surface area contributed by atoms with Crippen LogP contribution >= 0.6 is 0 Å². The van der Waals surface area contributed by atoms with Crippen molar-refractivity contribution in [3.8, 4) is 0 Å². The van der Waals surface area contributed by atoms with Gasteiger partial charge in [-0.2, -0.15) is 0 Å². The van der Waals surface area contributed by atoms with E-state index in [0.717, 1.165) is 16.7 Å². The zero-order chi connectivity index (χ0) is 20.0. The number of rotatable bonds is 6. The minimum absolute atomic E-state index is 0.312. The fraction of sp³-hybridized carbons (Fsp3) is 0.286. The first kappa shape index (κ1) is 20.2. The van der Waals surface area contributed by atoms with Gasteiger partial charge in [-0.05, 0) is 68.7 Å². The van der Waals surface area contributed by atoms with Gasteiger partial charge in [-0.3, -0.25) is 14.4 Å². The summed E-state index contributed by atoms with van der Waals surface area (Å²) in [5.41, 5.74) is 4.18. The van der Waals surface area contributed by atoms with Crippen LogP contribution in [0.5, 0.6) is 0 Å². The molecule has 0 unspecified atom stereocenters. The molecule has 0 spiro atoms. The summed E-state index contributed by atoms with van der Waals surface area (Å²) in [6.45, 7) is 6.95. The van der Waals surface area contributed by atoms with Gasteiger partial charge in [-0.25, -0.2) is 0 Å². The van der Waals surface area contributed by atoms with Crippen molar-refractivity contribution in [2.75, 3.05) is 11.9 Å². The Morgan fingerprint density at radius 1 is 1.00 bits per heavy atom. The van der Waals surface area contributed by atoms with Gasteiger partial charge in [0.05, 0.1) is 0 Å². The lowest BCUT2D eigenvalue weighted by Gasteiger charge is -2.14. The van der Waals surface area contributed by atoms with Crippen molar-refractivity contribution in [3.05, 3.63) is 64.7 Å². The zero-order valence-electron chi connectivity index (χ0n) is 16.0. The third-order valence-corrected chi connectivity index (χ3v) is 4.13. The number of hydrogen-bond donors (Lipinski definition) is 2. The van der Waals surface area contributed by atoms with Gasteiger partial charge in [0.25, 0.3) is 11.8 Å². The summed E-state index contributed by atoms with van der Waals surface area (Å²) >= 11 is 0. The van der Waals surface area contributed by atoms with Gasteiger partial charge >= 0.3 is 5.97 Å². The number of amides is 2. The van der Waals surface area contributed by atoms with Crippen LogP contribution in [0.1, 0.15) is 34.0 Å². The minimum Gasteiger partial charge on any atom is -0.451 e. The molecule has 0 radical (unpaired) electrons. The van der Waals surface area contributed by atoms with E-state index >= 15 is 0 Å². The Hall–Kier alpha value is -3.15. The van der Waals surface area contributed by atoms with E-state index in [2.05, 4.69) is 10.6 Å². The van der Waals surface area contributed by atoms with Crippen molar-refractivity contribution in [1.29, 1.82) is 0 Å². The Morgan fingerprint density at radius 3 is 2.41 bits per heavy atom. The third kappa shape index (κ3) is 5.95. The molecule has 0 aliphatic rings. The molecule has 2 N–H and O–H groups in total. The maximum atomic E-state index is 12.1. The Kier molecular flexibility index (Phi) is 6.71. The smallest absolute Gasteiger partial charge is 0.326 e. The first-order chi connectivity index (χ1) is 12.8. The molecule has 0 saturated heterocycles. The average molecular weight is 368 g/mol. The molecule has 2 aromatic rings. The van der Waals surface area contributed by atoms with Crippen LogP contribution in [-0.2, 0) is 14.3 Å². The molecule has 2 aromatic carbocycles. The van der Waals surface area contributed by atoms with Crippen LogP contribution in [0.2, 0.25) is 0 Å². The quantitative estimate of drug-likeness (QED) is 0.768. The van der Waals surface area contributed by atoms with Gasteiger partial charge < -0.3 is 15.4 Å². The summed E-state index contributed by atoms with van der Waals surface area (Å²) in [5, 5.41) is 5.19. The van der Waals surface area contributed by atoms with Gasteiger partial charge in [0.15, 0.2) is 6.10 Å². The number of ether oxygens (including phenoxy) is 1. The fourth-order valence-corrected chi connectivity index (χ4v) is 2.40. The van der Waals surface area contributed by atoms with Gasteiger partial charge in [0, 0.05) is 11.3 Å². The number of hydrogen-bond acceptors (Lipinski definition) is 4. The number of benzene rings is 2. The second kappa shape index (κ2) is 8.98. The summed E-state index contributed by atoms with van der Waals surface area (Å²) in [5.74, 6) is -1.49. The summed E-state index contributed by atoms with van der Waals surface area (Å²) in [4.78, 5) is 36.1. The number of anilines is 1. The molecule has 6 nitrogen and oxygen atoms in total. The highest BCUT2D eigenvalue weighted by atomic mass is 16.5. The lowest BCUT2D eigenvalue weighted by Crippen LogP contribution is -2.35. The highest BCUT2D eigenvalue weighted by Crippen LogP contribution is 2.11. The largest absolute Gasteiger partial charge is 0.451 e. The standard InChI is InChI=1S/C21H24N2O4/c1-13-6-5-7-18(10-13)23-20(25)16(4)27-19(24)12-22-21(26)17-9-8-14(2)15(3)11-17/h5-11,16H,12H2,1-4H3,(H,22,26)(H,23,25)/t16-/m0/s1. The SMILES string of the molecule is Cc1cccc(NC(=O)[C@H](C)OC(=O)CNC(=O)c2ccc(C)c(C)c2)c1. The molecular formula is C21H24N2O4. The monoisotopic (exact) mass is 368 g/mol. The Balaban J connectivity index is 1.82. The summed E-state index contributed by atoms with van der Waals surface area (Å²) in [6, 6.07) is 12.6. The average Bonchev–Trinajstić information content (AvgIpc) is 2.62. The van der Waals surface area contributed by atoms with Crippen molar-refractivity contribution in [1.82, 2.24) is 5.32 Å². The first-order valence-electron chi connectivity index (χ1n) is 8.68. The summed E-state index contributed by atoms with van der Waals surface area (Å²) < 4.78 is 5.08. The molecule has 142 valence electrons. The number of carbonyl (C=O) groups is 3. The predicted octanol–water partition coefficient (Wildman–Crippen LogP) is 2.91. The summed E-state index contributed by atoms with van der Waals surface area (Å²) in [7, 11) is 0. The number of esters is 1. The lowest BCUT2D eigenvalue weighted by molar-refractivity contribution is -0.152. The van der Waals surface area contributed by atoms with Crippen molar-refractivity contribution >= 4 is 23.5 Å². The molecule has 0 aliphatic carbocycles. The fourth-order valence-electron chi connectivity index (χ4n) is 2.40. The minimum atomic E-state index is -0.975. The normalized spacial score (nSPS) is 11.4. The van der Waals surface area contributed by atoms with Crippen LogP contribution in [-0.4, -0.2) is 30.4 Å². The van der Waals surface area contributed by atoms with E-state index < -0.39 is 18.0 Å². The van der Waals surface area contributed by atoms with Crippen molar-refractivity contribution in [2.45, 2.75) is 33.8 Å². The molecular weight excluding hydrogens is 344 g/mol. The Labute approximate surface area is 158 Å². The molecule has 0 saturated carbocycles. The van der Waals surface area contributed by atoms with E-state index in [0.29, 0.717) is 11.3 Å². The molecule has 0 aliphatic heterocycles. The van der Waals surface area contributed by atoms with E-state index in [1.54, 1.807) is 18.2 Å². The molecule has 1 atom stereocenters. The molecule has 0 aromatic heterocycles. The predicted molar refractivity (Wildman–Crippen MR) is 104 cm³/mol. The molecule has 0 heterocycles. The van der Waals surface area contributed by atoms with Crippen LogP contribution in [0.25, 0.3) is 0 Å². The second-order valence-electron chi connectivity index (χ2n) is 6.47. The lowest BCUT2D eigenvalue weighted by atomic mass is 10.1. The van der Waals surface area contributed by atoms with E-state index in [9.17, 15) is 14.4 Å². The highest BCUT2D eigenvalue weighted by molar-refractivity contribution is 5.97. The van der Waals surface area contributed by atoms with Crippen LogP contribution in [0, 0.1) is 20.8 Å². The molecule has 2 amide bonds. The number of nitrogens with one attached hydrogen (secondary N) is 2. The van der Waals surface area contributed by atoms with E-state index in [1.165, 1.54) is 6.92 Å². The highest BCUT2D eigenvalue weighted by Gasteiger charge is 2.18. The van der Waals surface area contributed by atoms with Crippen LogP contribution in [0.15, 0.2) is 42.5 Å². The molecule has 0 bridgehead atoms. The van der Waals surface area contributed by atoms with Gasteiger partial charge in [0.2, 0.25) is 0 Å². The van der Waals surface area contributed by atoms with Gasteiger partial charge in [0.1, 0.15) is 6.54 Å². The molecule has 6 heteroatoms. The van der Waals surface area contributed by atoms with Crippen molar-refractivity contribution < 1.29 is 19.1 Å².